The van der Waals surface area contributed by atoms with Crippen molar-refractivity contribution >= 4 is 17.1 Å². The lowest BCUT2D eigenvalue weighted by atomic mass is 9.85. The van der Waals surface area contributed by atoms with Gasteiger partial charge < -0.3 is 20.4 Å². The van der Waals surface area contributed by atoms with E-state index in [2.05, 4.69) is 4.98 Å². The number of aromatic amines is 1. The highest BCUT2D eigenvalue weighted by Crippen LogP contribution is 2.31. The Morgan fingerprint density at radius 1 is 1.44 bits per heavy atom. The van der Waals surface area contributed by atoms with Crippen molar-refractivity contribution in [3.05, 3.63) is 30.1 Å². The molecule has 2 heterocycles. The largest absolute Gasteiger partial charge is 0.444 e. The maximum atomic E-state index is 12.4. The Labute approximate surface area is 148 Å². The number of carbonyl (C=O) groups excluding carboxylic acids is 1. The van der Waals surface area contributed by atoms with Gasteiger partial charge in [0.15, 0.2) is 0 Å². The first kappa shape index (κ1) is 17.7. The fraction of sp³-hybridized carbons (Fsp3) is 0.579. The Bertz CT molecular complexity index is 701. The van der Waals surface area contributed by atoms with Crippen LogP contribution >= 0.6 is 0 Å². The number of hydrogen-bond donors (Lipinski definition) is 2. The molecule has 1 amide bonds. The molecule has 0 bridgehead atoms. The Morgan fingerprint density at radius 2 is 2.20 bits per heavy atom. The highest BCUT2D eigenvalue weighted by Gasteiger charge is 2.33. The fourth-order valence-corrected chi connectivity index (χ4v) is 3.51. The van der Waals surface area contributed by atoms with Crippen molar-refractivity contribution in [2.45, 2.75) is 45.1 Å². The van der Waals surface area contributed by atoms with Crippen LogP contribution in [0.5, 0.6) is 0 Å². The van der Waals surface area contributed by atoms with Gasteiger partial charge in [0.05, 0.1) is 11.0 Å². The first-order valence-electron chi connectivity index (χ1n) is 9.00. The Kier molecular flexibility index (Phi) is 4.99. The van der Waals surface area contributed by atoms with E-state index >= 15 is 0 Å². The van der Waals surface area contributed by atoms with Crippen molar-refractivity contribution in [2.75, 3.05) is 19.6 Å². The number of hydrogen-bond acceptors (Lipinski definition) is 4. The van der Waals surface area contributed by atoms with Gasteiger partial charge in [0.2, 0.25) is 0 Å². The lowest BCUT2D eigenvalue weighted by Crippen LogP contribution is -2.45. The molecule has 1 aliphatic rings. The highest BCUT2D eigenvalue weighted by atomic mass is 16.6. The number of para-hydroxylation sites is 2. The Balaban J connectivity index is 1.75. The van der Waals surface area contributed by atoms with Crippen molar-refractivity contribution in [1.29, 1.82) is 0 Å². The molecule has 0 saturated carbocycles. The van der Waals surface area contributed by atoms with Gasteiger partial charge in [-0.15, -0.1) is 0 Å². The van der Waals surface area contributed by atoms with Gasteiger partial charge in [-0.3, -0.25) is 0 Å². The second kappa shape index (κ2) is 7.04. The van der Waals surface area contributed by atoms with Gasteiger partial charge in [0.25, 0.3) is 0 Å². The molecule has 136 valence electrons. The molecular weight excluding hydrogens is 316 g/mol. The van der Waals surface area contributed by atoms with E-state index in [9.17, 15) is 4.79 Å². The molecule has 3 rings (SSSR count). The van der Waals surface area contributed by atoms with Crippen LogP contribution in [0.1, 0.15) is 45.4 Å². The lowest BCUT2D eigenvalue weighted by molar-refractivity contribution is 0.0151. The average molecular weight is 344 g/mol. The van der Waals surface area contributed by atoms with Gasteiger partial charge >= 0.3 is 6.09 Å². The third-order valence-electron chi connectivity index (χ3n) is 4.69. The average Bonchev–Trinajstić information content (AvgIpc) is 2.98. The van der Waals surface area contributed by atoms with Crippen molar-refractivity contribution in [1.82, 2.24) is 14.9 Å². The number of nitrogens with one attached hydrogen (secondary N) is 1. The quantitative estimate of drug-likeness (QED) is 0.895. The molecule has 1 aromatic carbocycles. The number of amides is 1. The number of aromatic nitrogens is 2. The minimum atomic E-state index is -0.476. The molecule has 6 heteroatoms. The second-order valence-electron chi connectivity index (χ2n) is 7.81. The Morgan fingerprint density at radius 3 is 2.88 bits per heavy atom. The summed E-state index contributed by atoms with van der Waals surface area (Å²) >= 11 is 0. The van der Waals surface area contributed by atoms with Crippen LogP contribution in [0.4, 0.5) is 4.79 Å². The maximum Gasteiger partial charge on any atom is 0.410 e. The first-order chi connectivity index (χ1) is 11.9. The van der Waals surface area contributed by atoms with E-state index < -0.39 is 5.60 Å². The molecule has 1 aromatic heterocycles. The van der Waals surface area contributed by atoms with Crippen LogP contribution in [-0.4, -0.2) is 46.2 Å². The number of rotatable bonds is 3. The summed E-state index contributed by atoms with van der Waals surface area (Å²) in [7, 11) is 0. The molecule has 6 nitrogen and oxygen atoms in total. The molecular formula is C19H28N4O2. The summed E-state index contributed by atoms with van der Waals surface area (Å²) in [5.74, 6) is 1.31. The second-order valence-corrected chi connectivity index (χ2v) is 7.81. The number of ether oxygens (including phenoxy) is 1. The molecule has 0 aliphatic carbocycles. The molecule has 0 radical (unpaired) electrons. The third-order valence-corrected chi connectivity index (χ3v) is 4.69. The van der Waals surface area contributed by atoms with E-state index in [4.69, 9.17) is 15.5 Å². The van der Waals surface area contributed by atoms with Crippen molar-refractivity contribution < 1.29 is 9.53 Å². The molecule has 2 unspecified atom stereocenters. The van der Waals surface area contributed by atoms with E-state index in [1.807, 2.05) is 49.9 Å². The van der Waals surface area contributed by atoms with Gasteiger partial charge in [-0.2, -0.15) is 0 Å². The number of benzene rings is 1. The van der Waals surface area contributed by atoms with Crippen LogP contribution in [0.3, 0.4) is 0 Å². The van der Waals surface area contributed by atoms with Crippen molar-refractivity contribution in [3.8, 4) is 0 Å². The monoisotopic (exact) mass is 344 g/mol. The van der Waals surface area contributed by atoms with E-state index in [1.165, 1.54) is 0 Å². The van der Waals surface area contributed by atoms with E-state index in [-0.39, 0.29) is 17.9 Å². The van der Waals surface area contributed by atoms with Gasteiger partial charge in [0, 0.05) is 25.6 Å². The van der Waals surface area contributed by atoms with Gasteiger partial charge in [-0.05, 0) is 51.7 Å². The number of nitrogens with two attached hydrogens (primary N) is 1. The molecule has 3 N–H and O–H groups in total. The predicted molar refractivity (Wildman–Crippen MR) is 98.4 cm³/mol. The van der Waals surface area contributed by atoms with Gasteiger partial charge in [-0.1, -0.05) is 12.1 Å². The molecule has 1 saturated heterocycles. The van der Waals surface area contributed by atoms with Crippen LogP contribution in [0.15, 0.2) is 24.3 Å². The SMILES string of the molecule is CC(C)(C)OC(=O)N1CCCC(C(CN)c2nc3ccccc3[nH]2)C1. The molecule has 0 spiro atoms. The first-order valence-corrected chi connectivity index (χ1v) is 9.00. The summed E-state index contributed by atoms with van der Waals surface area (Å²) in [6.07, 6.45) is 1.76. The summed E-state index contributed by atoms with van der Waals surface area (Å²) < 4.78 is 5.52. The normalized spacial score (nSPS) is 19.8. The fourth-order valence-electron chi connectivity index (χ4n) is 3.51. The maximum absolute atomic E-state index is 12.4. The lowest BCUT2D eigenvalue weighted by Gasteiger charge is -2.36. The highest BCUT2D eigenvalue weighted by molar-refractivity contribution is 5.74. The van der Waals surface area contributed by atoms with E-state index in [0.717, 1.165) is 36.2 Å². The van der Waals surface area contributed by atoms with Crippen molar-refractivity contribution in [3.63, 3.8) is 0 Å². The predicted octanol–water partition coefficient (Wildman–Crippen LogP) is 3.25. The molecule has 1 aliphatic heterocycles. The molecule has 25 heavy (non-hydrogen) atoms. The van der Waals surface area contributed by atoms with E-state index in [1.54, 1.807) is 0 Å². The molecule has 2 aromatic rings. The zero-order valence-corrected chi connectivity index (χ0v) is 15.3. The zero-order chi connectivity index (χ0) is 18.0. The zero-order valence-electron chi connectivity index (χ0n) is 15.3. The summed E-state index contributed by atoms with van der Waals surface area (Å²) in [5.41, 5.74) is 7.59. The minimum absolute atomic E-state index is 0.109. The van der Waals surface area contributed by atoms with Crippen LogP contribution in [0, 0.1) is 5.92 Å². The Hall–Kier alpha value is -2.08. The summed E-state index contributed by atoms with van der Waals surface area (Å²) in [6.45, 7) is 7.58. The van der Waals surface area contributed by atoms with Crippen LogP contribution in [0.2, 0.25) is 0 Å². The van der Waals surface area contributed by atoms with Crippen LogP contribution in [-0.2, 0) is 4.74 Å². The number of H-pyrrole nitrogens is 1. The minimum Gasteiger partial charge on any atom is -0.444 e. The van der Waals surface area contributed by atoms with Gasteiger partial charge in [0.1, 0.15) is 11.4 Å². The number of fused-ring (bicyclic) bond motifs is 1. The smallest absolute Gasteiger partial charge is 0.410 e. The van der Waals surface area contributed by atoms with Gasteiger partial charge in [-0.25, -0.2) is 9.78 Å². The summed E-state index contributed by atoms with van der Waals surface area (Å²) in [4.78, 5) is 22.3. The topological polar surface area (TPSA) is 84.2 Å². The summed E-state index contributed by atoms with van der Waals surface area (Å²) in [6, 6.07) is 7.99. The molecule has 2 atom stereocenters. The number of imidazole rings is 1. The summed E-state index contributed by atoms with van der Waals surface area (Å²) in [5, 5.41) is 0. The number of piperidine rings is 1. The molecule has 1 fully saturated rings. The van der Waals surface area contributed by atoms with E-state index in [0.29, 0.717) is 13.1 Å². The number of likely N-dealkylation sites (tertiary alicyclic amines) is 1. The number of carbonyl (C=O) groups is 1. The van der Waals surface area contributed by atoms with Crippen molar-refractivity contribution in [2.24, 2.45) is 11.7 Å². The standard InChI is InChI=1S/C19H28N4O2/c1-19(2,3)25-18(24)23-10-6-7-13(12-23)14(11-20)17-21-15-8-4-5-9-16(15)22-17/h4-5,8-9,13-14H,6-7,10-12,20H2,1-3H3,(H,21,22). The van der Waals surface area contributed by atoms with Crippen LogP contribution in [0.25, 0.3) is 11.0 Å². The third kappa shape index (κ3) is 4.12. The van der Waals surface area contributed by atoms with Crippen LogP contribution < -0.4 is 5.73 Å². The number of nitrogens with zero attached hydrogens (tertiary/aromatic N) is 2.